The largest absolute Gasteiger partial charge is 0.361 e. The zero-order valence-corrected chi connectivity index (χ0v) is 14.2. The average molecular weight is 345 g/mol. The molecule has 2 amide bonds. The second-order valence-electron chi connectivity index (χ2n) is 6.22. The van der Waals surface area contributed by atoms with Gasteiger partial charge in [-0.3, -0.25) is 9.59 Å². The van der Waals surface area contributed by atoms with E-state index in [4.69, 9.17) is 4.52 Å². The van der Waals surface area contributed by atoms with Crippen molar-refractivity contribution in [2.45, 2.75) is 32.7 Å². The first kappa shape index (κ1) is 17.1. The number of aromatic nitrogens is 1. The van der Waals surface area contributed by atoms with Crippen LogP contribution in [0.15, 0.2) is 28.8 Å². The summed E-state index contributed by atoms with van der Waals surface area (Å²) in [6, 6.07) is 5.94. The number of aryl methyl sites for hydroxylation is 2. The molecule has 1 fully saturated rings. The second-order valence-corrected chi connectivity index (χ2v) is 6.22. The summed E-state index contributed by atoms with van der Waals surface area (Å²) in [4.78, 5) is 26.4. The number of benzene rings is 1. The van der Waals surface area contributed by atoms with E-state index in [-0.39, 0.29) is 23.4 Å². The van der Waals surface area contributed by atoms with Crippen molar-refractivity contribution in [2.75, 3.05) is 13.1 Å². The van der Waals surface area contributed by atoms with Gasteiger partial charge in [0.2, 0.25) is 0 Å². The van der Waals surface area contributed by atoms with Gasteiger partial charge in [0.05, 0.1) is 11.3 Å². The lowest BCUT2D eigenvalue weighted by Gasteiger charge is -2.32. The third-order valence-electron chi connectivity index (χ3n) is 4.48. The summed E-state index contributed by atoms with van der Waals surface area (Å²) in [5.41, 5.74) is 1.10. The average Bonchev–Trinajstić information content (AvgIpc) is 2.94. The molecular weight excluding hydrogens is 325 g/mol. The fraction of sp³-hybridized carbons (Fsp3) is 0.389. The van der Waals surface area contributed by atoms with Crippen LogP contribution >= 0.6 is 0 Å². The van der Waals surface area contributed by atoms with Gasteiger partial charge in [-0.2, -0.15) is 0 Å². The van der Waals surface area contributed by atoms with E-state index in [2.05, 4.69) is 10.5 Å². The maximum absolute atomic E-state index is 13.8. The van der Waals surface area contributed by atoms with Crippen LogP contribution < -0.4 is 5.32 Å². The van der Waals surface area contributed by atoms with Crippen LogP contribution in [0, 0.1) is 19.7 Å². The Balaban J connectivity index is 1.58. The summed E-state index contributed by atoms with van der Waals surface area (Å²) in [5.74, 6) is -0.549. The van der Waals surface area contributed by atoms with E-state index in [9.17, 15) is 14.0 Å². The molecule has 1 aliphatic heterocycles. The summed E-state index contributed by atoms with van der Waals surface area (Å²) in [6.45, 7) is 4.37. The number of carbonyl (C=O) groups excluding carboxylic acids is 2. The molecule has 1 N–H and O–H groups in total. The molecule has 0 bridgehead atoms. The van der Waals surface area contributed by atoms with Gasteiger partial charge in [0, 0.05) is 19.1 Å². The van der Waals surface area contributed by atoms with Crippen molar-refractivity contribution in [2.24, 2.45) is 0 Å². The van der Waals surface area contributed by atoms with Crippen molar-refractivity contribution in [1.29, 1.82) is 0 Å². The molecule has 0 atom stereocenters. The minimum atomic E-state index is -0.513. The molecular formula is C18H20FN3O3. The first-order valence-electron chi connectivity index (χ1n) is 8.25. The van der Waals surface area contributed by atoms with Crippen LogP contribution in [0.3, 0.4) is 0 Å². The van der Waals surface area contributed by atoms with E-state index >= 15 is 0 Å². The summed E-state index contributed by atoms with van der Waals surface area (Å²) in [6.07, 6.45) is 1.24. The molecule has 6 nitrogen and oxygen atoms in total. The highest BCUT2D eigenvalue weighted by Gasteiger charge is 2.27. The molecule has 0 spiro atoms. The molecule has 1 aromatic carbocycles. The molecule has 0 radical (unpaired) electrons. The number of hydrogen-bond acceptors (Lipinski definition) is 4. The van der Waals surface area contributed by atoms with Crippen LogP contribution in [0.1, 0.15) is 45.0 Å². The van der Waals surface area contributed by atoms with Gasteiger partial charge in [-0.25, -0.2) is 4.39 Å². The van der Waals surface area contributed by atoms with Crippen molar-refractivity contribution in [1.82, 2.24) is 15.4 Å². The number of nitrogens with zero attached hydrogens (tertiary/aromatic N) is 2. The normalized spacial score (nSPS) is 15.2. The van der Waals surface area contributed by atoms with Gasteiger partial charge in [-0.05, 0) is 38.8 Å². The highest BCUT2D eigenvalue weighted by molar-refractivity contribution is 5.96. The van der Waals surface area contributed by atoms with Crippen molar-refractivity contribution >= 4 is 11.8 Å². The minimum absolute atomic E-state index is 0.0362. The number of piperidine rings is 1. The lowest BCUT2D eigenvalue weighted by Crippen LogP contribution is -2.46. The number of rotatable bonds is 3. The van der Waals surface area contributed by atoms with Gasteiger partial charge in [0.25, 0.3) is 11.8 Å². The minimum Gasteiger partial charge on any atom is -0.361 e. The van der Waals surface area contributed by atoms with E-state index in [1.807, 2.05) is 0 Å². The van der Waals surface area contributed by atoms with Crippen LogP contribution in [0.4, 0.5) is 4.39 Å². The maximum atomic E-state index is 13.8. The number of amides is 2. The summed E-state index contributed by atoms with van der Waals surface area (Å²) in [5, 5.41) is 6.75. The monoisotopic (exact) mass is 345 g/mol. The molecule has 25 heavy (non-hydrogen) atoms. The third kappa shape index (κ3) is 3.55. The SMILES string of the molecule is Cc1noc(C)c1C(=O)NC1CCN(C(=O)c2ccccc2F)CC1. The number of likely N-dealkylation sites (tertiary alicyclic amines) is 1. The molecule has 0 aliphatic carbocycles. The predicted octanol–water partition coefficient (Wildman–Crippen LogP) is 2.47. The fourth-order valence-corrected chi connectivity index (χ4v) is 3.10. The smallest absolute Gasteiger partial charge is 0.257 e. The van der Waals surface area contributed by atoms with Gasteiger partial charge in [0.1, 0.15) is 17.1 Å². The molecule has 0 unspecified atom stereocenters. The number of carbonyl (C=O) groups is 2. The second kappa shape index (κ2) is 7.04. The molecule has 132 valence electrons. The highest BCUT2D eigenvalue weighted by Crippen LogP contribution is 2.18. The fourth-order valence-electron chi connectivity index (χ4n) is 3.10. The first-order valence-corrected chi connectivity index (χ1v) is 8.25. The number of hydrogen-bond donors (Lipinski definition) is 1. The molecule has 1 aliphatic rings. The van der Waals surface area contributed by atoms with Crippen LogP contribution in [0.2, 0.25) is 0 Å². The quantitative estimate of drug-likeness (QED) is 0.927. The Bertz CT molecular complexity index is 775. The Kier molecular flexibility index (Phi) is 4.83. The van der Waals surface area contributed by atoms with Crippen molar-refractivity contribution in [3.05, 3.63) is 52.7 Å². The van der Waals surface area contributed by atoms with Gasteiger partial charge in [0.15, 0.2) is 0 Å². The van der Waals surface area contributed by atoms with E-state index < -0.39 is 5.82 Å². The summed E-state index contributed by atoms with van der Waals surface area (Å²) >= 11 is 0. The van der Waals surface area contributed by atoms with Crippen LogP contribution in [0.5, 0.6) is 0 Å². The van der Waals surface area contributed by atoms with E-state index in [1.54, 1.807) is 30.9 Å². The molecule has 2 aromatic rings. The van der Waals surface area contributed by atoms with Crippen molar-refractivity contribution in [3.63, 3.8) is 0 Å². The Morgan fingerprint density at radius 2 is 1.92 bits per heavy atom. The highest BCUT2D eigenvalue weighted by atomic mass is 19.1. The molecule has 3 rings (SSSR count). The maximum Gasteiger partial charge on any atom is 0.257 e. The third-order valence-corrected chi connectivity index (χ3v) is 4.48. The Morgan fingerprint density at radius 3 is 2.52 bits per heavy atom. The van der Waals surface area contributed by atoms with Crippen LogP contribution in [-0.2, 0) is 0 Å². The number of nitrogens with one attached hydrogen (secondary N) is 1. The molecule has 1 aromatic heterocycles. The zero-order valence-electron chi connectivity index (χ0n) is 14.2. The molecule has 2 heterocycles. The number of halogens is 1. The van der Waals surface area contributed by atoms with Crippen molar-refractivity contribution < 1.29 is 18.5 Å². The standard InChI is InChI=1S/C18H20FN3O3/c1-11-16(12(2)25-21-11)17(23)20-13-7-9-22(10-8-13)18(24)14-5-3-4-6-15(14)19/h3-6,13H,7-10H2,1-2H3,(H,20,23). The van der Waals surface area contributed by atoms with Gasteiger partial charge >= 0.3 is 0 Å². The van der Waals surface area contributed by atoms with E-state index in [0.29, 0.717) is 42.9 Å². The van der Waals surface area contributed by atoms with Gasteiger partial charge < -0.3 is 14.7 Å². The van der Waals surface area contributed by atoms with E-state index in [1.165, 1.54) is 12.1 Å². The van der Waals surface area contributed by atoms with Crippen LogP contribution in [-0.4, -0.2) is 41.0 Å². The first-order chi connectivity index (χ1) is 12.0. The lowest BCUT2D eigenvalue weighted by molar-refractivity contribution is 0.0693. The van der Waals surface area contributed by atoms with Crippen molar-refractivity contribution in [3.8, 4) is 0 Å². The Labute approximate surface area is 145 Å². The van der Waals surface area contributed by atoms with Gasteiger partial charge in [-0.15, -0.1) is 0 Å². The van der Waals surface area contributed by atoms with E-state index in [0.717, 1.165) is 0 Å². The lowest BCUT2D eigenvalue weighted by atomic mass is 10.0. The summed E-state index contributed by atoms with van der Waals surface area (Å²) in [7, 11) is 0. The molecule has 1 saturated heterocycles. The van der Waals surface area contributed by atoms with Gasteiger partial charge in [-0.1, -0.05) is 17.3 Å². The molecule has 0 saturated carbocycles. The molecule has 7 heteroatoms. The zero-order chi connectivity index (χ0) is 18.0. The Hall–Kier alpha value is -2.70. The van der Waals surface area contributed by atoms with Crippen LogP contribution in [0.25, 0.3) is 0 Å². The predicted molar refractivity (Wildman–Crippen MR) is 88.8 cm³/mol. The summed E-state index contributed by atoms with van der Waals surface area (Å²) < 4.78 is 18.8. The Morgan fingerprint density at radius 1 is 1.24 bits per heavy atom. The topological polar surface area (TPSA) is 75.4 Å².